The maximum absolute atomic E-state index is 12.3. The van der Waals surface area contributed by atoms with Crippen molar-refractivity contribution < 1.29 is 14.7 Å². The van der Waals surface area contributed by atoms with E-state index in [4.69, 9.17) is 11.6 Å². The SMILES string of the molecule is O=C(CCl)NCc1cc(C(=O)c2ccccc2)ccc1O. The quantitative estimate of drug-likeness (QED) is 0.659. The second kappa shape index (κ2) is 6.90. The predicted molar refractivity (Wildman–Crippen MR) is 80.5 cm³/mol. The minimum absolute atomic E-state index is 0.0227. The molecule has 21 heavy (non-hydrogen) atoms. The van der Waals surface area contributed by atoms with Crippen molar-refractivity contribution in [3.63, 3.8) is 0 Å². The summed E-state index contributed by atoms with van der Waals surface area (Å²) in [4.78, 5) is 23.5. The van der Waals surface area contributed by atoms with Gasteiger partial charge in [-0.05, 0) is 18.2 Å². The smallest absolute Gasteiger partial charge is 0.235 e. The third-order valence-corrected chi connectivity index (χ3v) is 3.22. The summed E-state index contributed by atoms with van der Waals surface area (Å²) in [5.41, 5.74) is 1.49. The van der Waals surface area contributed by atoms with Gasteiger partial charge in [-0.25, -0.2) is 0 Å². The van der Waals surface area contributed by atoms with Crippen LogP contribution in [0.4, 0.5) is 0 Å². The van der Waals surface area contributed by atoms with Crippen molar-refractivity contribution in [2.45, 2.75) is 6.54 Å². The first-order valence-corrected chi connectivity index (χ1v) is 6.89. The summed E-state index contributed by atoms with van der Waals surface area (Å²) in [7, 11) is 0. The zero-order valence-electron chi connectivity index (χ0n) is 11.2. The summed E-state index contributed by atoms with van der Waals surface area (Å²) in [6, 6.07) is 13.4. The highest BCUT2D eigenvalue weighted by molar-refractivity contribution is 6.27. The van der Waals surface area contributed by atoms with Crippen LogP contribution in [0.15, 0.2) is 48.5 Å². The average Bonchev–Trinajstić information content (AvgIpc) is 2.54. The van der Waals surface area contributed by atoms with Gasteiger partial charge in [-0.15, -0.1) is 11.6 Å². The number of hydrogen-bond donors (Lipinski definition) is 2. The van der Waals surface area contributed by atoms with E-state index in [2.05, 4.69) is 5.32 Å². The molecule has 2 aromatic carbocycles. The van der Waals surface area contributed by atoms with E-state index in [1.165, 1.54) is 6.07 Å². The molecule has 0 aliphatic rings. The molecule has 0 radical (unpaired) electrons. The number of phenolic OH excluding ortho intramolecular Hbond substituents is 1. The Labute approximate surface area is 127 Å². The topological polar surface area (TPSA) is 66.4 Å². The number of amides is 1. The summed E-state index contributed by atoms with van der Waals surface area (Å²) in [5.74, 6) is -0.602. The van der Waals surface area contributed by atoms with E-state index >= 15 is 0 Å². The fourth-order valence-corrected chi connectivity index (χ4v) is 1.96. The highest BCUT2D eigenvalue weighted by Gasteiger charge is 2.11. The number of aromatic hydroxyl groups is 1. The fourth-order valence-electron chi connectivity index (χ4n) is 1.87. The number of carbonyl (C=O) groups is 2. The number of phenols is 1. The van der Waals surface area contributed by atoms with E-state index in [0.29, 0.717) is 16.7 Å². The zero-order chi connectivity index (χ0) is 15.2. The van der Waals surface area contributed by atoms with E-state index in [9.17, 15) is 14.7 Å². The molecule has 5 heteroatoms. The molecule has 0 unspecified atom stereocenters. The van der Waals surface area contributed by atoms with Gasteiger partial charge in [0.15, 0.2) is 5.78 Å². The highest BCUT2D eigenvalue weighted by atomic mass is 35.5. The number of halogens is 1. The Hall–Kier alpha value is -2.33. The lowest BCUT2D eigenvalue weighted by Gasteiger charge is -2.08. The molecule has 2 rings (SSSR count). The lowest BCUT2D eigenvalue weighted by molar-refractivity contribution is -0.118. The van der Waals surface area contributed by atoms with Crippen molar-refractivity contribution in [1.82, 2.24) is 5.32 Å². The van der Waals surface area contributed by atoms with Gasteiger partial charge in [-0.2, -0.15) is 0 Å². The van der Waals surface area contributed by atoms with Crippen molar-refractivity contribution in [2.24, 2.45) is 0 Å². The van der Waals surface area contributed by atoms with Crippen LogP contribution in [0.3, 0.4) is 0 Å². The lowest BCUT2D eigenvalue weighted by atomic mass is 10.0. The van der Waals surface area contributed by atoms with Gasteiger partial charge >= 0.3 is 0 Å². The Bertz CT molecular complexity index is 656. The maximum Gasteiger partial charge on any atom is 0.235 e. The van der Waals surface area contributed by atoms with Crippen molar-refractivity contribution in [2.75, 3.05) is 5.88 Å². The molecule has 0 saturated carbocycles. The molecule has 0 aliphatic heterocycles. The molecule has 0 bridgehead atoms. The average molecular weight is 304 g/mol. The standard InChI is InChI=1S/C16H14ClNO3/c17-9-15(20)18-10-13-8-12(6-7-14(13)19)16(21)11-4-2-1-3-5-11/h1-8,19H,9-10H2,(H,18,20). The minimum atomic E-state index is -0.337. The van der Waals surface area contributed by atoms with Gasteiger partial charge in [0.25, 0.3) is 0 Å². The highest BCUT2D eigenvalue weighted by Crippen LogP contribution is 2.20. The Morgan fingerprint density at radius 2 is 1.76 bits per heavy atom. The lowest BCUT2D eigenvalue weighted by Crippen LogP contribution is -2.23. The van der Waals surface area contributed by atoms with Gasteiger partial charge in [0, 0.05) is 23.2 Å². The first-order chi connectivity index (χ1) is 10.1. The van der Waals surface area contributed by atoms with Crippen molar-refractivity contribution in [1.29, 1.82) is 0 Å². The van der Waals surface area contributed by atoms with Crippen LogP contribution in [-0.2, 0) is 11.3 Å². The van der Waals surface area contributed by atoms with E-state index in [-0.39, 0.29) is 29.9 Å². The van der Waals surface area contributed by atoms with Gasteiger partial charge < -0.3 is 10.4 Å². The molecular weight excluding hydrogens is 290 g/mol. The monoisotopic (exact) mass is 303 g/mol. The molecule has 2 N–H and O–H groups in total. The maximum atomic E-state index is 12.3. The van der Waals surface area contributed by atoms with Crippen LogP contribution in [0.2, 0.25) is 0 Å². The molecule has 2 aromatic rings. The molecule has 108 valence electrons. The van der Waals surface area contributed by atoms with Gasteiger partial charge in [0.05, 0.1) is 0 Å². The third-order valence-electron chi connectivity index (χ3n) is 2.98. The van der Waals surface area contributed by atoms with Crippen LogP contribution in [0, 0.1) is 0 Å². The molecule has 0 heterocycles. The Morgan fingerprint density at radius 3 is 2.43 bits per heavy atom. The number of alkyl halides is 1. The number of ketones is 1. The normalized spacial score (nSPS) is 10.1. The predicted octanol–water partition coefficient (Wildman–Crippen LogP) is 2.48. The molecule has 0 saturated heterocycles. The summed E-state index contributed by atoms with van der Waals surface area (Å²) < 4.78 is 0. The molecular formula is C16H14ClNO3. The summed E-state index contributed by atoms with van der Waals surface area (Å²) in [6.07, 6.45) is 0. The van der Waals surface area contributed by atoms with E-state index < -0.39 is 0 Å². The van der Waals surface area contributed by atoms with Crippen LogP contribution >= 0.6 is 11.6 Å². The summed E-state index contributed by atoms with van der Waals surface area (Å²) in [6.45, 7) is 0.118. The van der Waals surface area contributed by atoms with Gasteiger partial charge in [-0.3, -0.25) is 9.59 Å². The number of benzene rings is 2. The second-order valence-corrected chi connectivity index (χ2v) is 4.72. The van der Waals surface area contributed by atoms with E-state index in [0.717, 1.165) is 0 Å². The summed E-state index contributed by atoms with van der Waals surface area (Å²) >= 11 is 5.39. The number of nitrogens with one attached hydrogen (secondary N) is 1. The summed E-state index contributed by atoms with van der Waals surface area (Å²) in [5, 5.41) is 12.3. The first kappa shape index (κ1) is 15.1. The molecule has 0 spiro atoms. The van der Waals surface area contributed by atoms with Gasteiger partial charge in [0.2, 0.25) is 5.91 Å². The molecule has 4 nitrogen and oxygen atoms in total. The van der Waals surface area contributed by atoms with Crippen LogP contribution < -0.4 is 5.32 Å². The number of carbonyl (C=O) groups excluding carboxylic acids is 2. The molecule has 0 atom stereocenters. The molecule has 0 aromatic heterocycles. The Kier molecular flexibility index (Phi) is 4.95. The molecule has 1 amide bonds. The first-order valence-electron chi connectivity index (χ1n) is 6.36. The van der Waals surface area contributed by atoms with Gasteiger partial charge in [0.1, 0.15) is 11.6 Å². The second-order valence-electron chi connectivity index (χ2n) is 4.45. The van der Waals surface area contributed by atoms with Gasteiger partial charge in [-0.1, -0.05) is 30.3 Å². The number of hydrogen-bond acceptors (Lipinski definition) is 3. The van der Waals surface area contributed by atoms with E-state index in [1.54, 1.807) is 36.4 Å². The van der Waals surface area contributed by atoms with Crippen LogP contribution in [0.1, 0.15) is 21.5 Å². The number of rotatable bonds is 5. The third kappa shape index (κ3) is 3.83. The van der Waals surface area contributed by atoms with Crippen molar-refractivity contribution in [3.05, 3.63) is 65.2 Å². The Morgan fingerprint density at radius 1 is 1.05 bits per heavy atom. The zero-order valence-corrected chi connectivity index (χ0v) is 11.9. The van der Waals surface area contributed by atoms with Crippen LogP contribution in [0.25, 0.3) is 0 Å². The fraction of sp³-hybridized carbons (Fsp3) is 0.125. The molecule has 0 fully saturated rings. The minimum Gasteiger partial charge on any atom is -0.508 e. The van der Waals surface area contributed by atoms with Crippen LogP contribution in [0.5, 0.6) is 5.75 Å². The largest absolute Gasteiger partial charge is 0.508 e. The van der Waals surface area contributed by atoms with Crippen LogP contribution in [-0.4, -0.2) is 22.7 Å². The van der Waals surface area contributed by atoms with Crippen molar-refractivity contribution >= 4 is 23.3 Å². The van der Waals surface area contributed by atoms with E-state index in [1.807, 2.05) is 6.07 Å². The Balaban J connectivity index is 2.22. The molecule has 0 aliphatic carbocycles. The van der Waals surface area contributed by atoms with Crippen molar-refractivity contribution in [3.8, 4) is 5.75 Å².